The Labute approximate surface area is 90.4 Å². The van der Waals surface area contributed by atoms with E-state index in [9.17, 15) is 4.79 Å². The molecule has 0 atom stereocenters. The molecule has 1 aromatic rings. The molecule has 1 rings (SSSR count). The van der Waals surface area contributed by atoms with Gasteiger partial charge in [-0.15, -0.1) is 0 Å². The predicted octanol–water partition coefficient (Wildman–Crippen LogP) is 1.37. The number of rotatable bonds is 3. The molecule has 1 amide bonds. The fourth-order valence-corrected chi connectivity index (χ4v) is 1.16. The van der Waals surface area contributed by atoms with Gasteiger partial charge in [-0.1, -0.05) is 23.2 Å². The van der Waals surface area contributed by atoms with E-state index in [1.807, 2.05) is 0 Å². The summed E-state index contributed by atoms with van der Waals surface area (Å²) in [5.74, 6) is -0.369. The van der Waals surface area contributed by atoms with Crippen LogP contribution in [0.25, 0.3) is 0 Å². The lowest BCUT2D eigenvalue weighted by molar-refractivity contribution is -0.119. The summed E-state index contributed by atoms with van der Waals surface area (Å²) in [6.07, 6.45) is 1.21. The number of aromatic nitrogens is 2. The molecule has 0 radical (unpaired) electrons. The van der Waals surface area contributed by atoms with E-state index in [1.165, 1.54) is 13.4 Å². The molecule has 5 nitrogen and oxygen atoms in total. The third-order valence-electron chi connectivity index (χ3n) is 1.29. The van der Waals surface area contributed by atoms with Crippen molar-refractivity contribution in [1.29, 1.82) is 0 Å². The maximum atomic E-state index is 11.1. The Morgan fingerprint density at radius 2 is 2.07 bits per heavy atom. The SMILES string of the molecule is COCC(=O)Nc1c(Cl)ncnc1Cl. The molecule has 0 saturated heterocycles. The van der Waals surface area contributed by atoms with E-state index in [1.54, 1.807) is 0 Å². The first-order chi connectivity index (χ1) is 6.65. The molecular formula is C7H7Cl2N3O2. The minimum Gasteiger partial charge on any atom is -0.375 e. The maximum absolute atomic E-state index is 11.1. The third kappa shape index (κ3) is 2.80. The zero-order valence-corrected chi connectivity index (χ0v) is 8.76. The molecule has 0 unspecified atom stereocenters. The van der Waals surface area contributed by atoms with Crippen LogP contribution >= 0.6 is 23.2 Å². The van der Waals surface area contributed by atoms with Gasteiger partial charge in [-0.05, 0) is 0 Å². The molecule has 0 bridgehead atoms. The van der Waals surface area contributed by atoms with Crippen molar-refractivity contribution in [2.24, 2.45) is 0 Å². The second kappa shape index (κ2) is 5.09. The minimum atomic E-state index is -0.369. The number of carbonyl (C=O) groups excluding carboxylic acids is 1. The maximum Gasteiger partial charge on any atom is 0.250 e. The van der Waals surface area contributed by atoms with Crippen LogP contribution in [0.15, 0.2) is 6.33 Å². The van der Waals surface area contributed by atoms with Crippen molar-refractivity contribution < 1.29 is 9.53 Å². The minimum absolute atomic E-state index is 0.0818. The lowest BCUT2D eigenvalue weighted by Gasteiger charge is -2.06. The second-order valence-electron chi connectivity index (χ2n) is 2.31. The van der Waals surface area contributed by atoms with Gasteiger partial charge < -0.3 is 10.1 Å². The van der Waals surface area contributed by atoms with Crippen molar-refractivity contribution >= 4 is 34.8 Å². The first-order valence-corrected chi connectivity index (χ1v) is 4.35. The number of amides is 1. The first kappa shape index (κ1) is 11.2. The van der Waals surface area contributed by atoms with Gasteiger partial charge in [-0.3, -0.25) is 4.79 Å². The Morgan fingerprint density at radius 3 is 2.57 bits per heavy atom. The number of ether oxygens (including phenoxy) is 1. The highest BCUT2D eigenvalue weighted by Crippen LogP contribution is 2.25. The van der Waals surface area contributed by atoms with Crippen molar-refractivity contribution in [2.75, 3.05) is 19.0 Å². The monoisotopic (exact) mass is 235 g/mol. The van der Waals surface area contributed by atoms with Gasteiger partial charge in [0.1, 0.15) is 18.6 Å². The summed E-state index contributed by atoms with van der Waals surface area (Å²) in [6, 6.07) is 0. The molecule has 7 heteroatoms. The number of hydrogen-bond acceptors (Lipinski definition) is 4. The first-order valence-electron chi connectivity index (χ1n) is 3.60. The van der Waals surface area contributed by atoms with E-state index in [-0.39, 0.29) is 28.5 Å². The van der Waals surface area contributed by atoms with Crippen LogP contribution in [0.3, 0.4) is 0 Å². The van der Waals surface area contributed by atoms with Gasteiger partial charge in [0.15, 0.2) is 10.3 Å². The van der Waals surface area contributed by atoms with E-state index < -0.39 is 0 Å². The van der Waals surface area contributed by atoms with Gasteiger partial charge in [-0.25, -0.2) is 9.97 Å². The van der Waals surface area contributed by atoms with Crippen LogP contribution < -0.4 is 5.32 Å². The zero-order valence-electron chi connectivity index (χ0n) is 7.25. The number of halogens is 2. The molecule has 0 aromatic carbocycles. The average molecular weight is 236 g/mol. The van der Waals surface area contributed by atoms with Crippen LogP contribution in [-0.2, 0) is 9.53 Å². The van der Waals surface area contributed by atoms with Crippen molar-refractivity contribution in [3.63, 3.8) is 0 Å². The molecular weight excluding hydrogens is 229 g/mol. The Balaban J connectivity index is 2.80. The van der Waals surface area contributed by atoms with E-state index >= 15 is 0 Å². The molecule has 1 heterocycles. The zero-order chi connectivity index (χ0) is 10.6. The highest BCUT2D eigenvalue weighted by atomic mass is 35.5. The fourth-order valence-electron chi connectivity index (χ4n) is 0.754. The number of nitrogens with zero attached hydrogens (tertiary/aromatic N) is 2. The summed E-state index contributed by atoms with van der Waals surface area (Å²) in [5, 5.41) is 2.61. The molecule has 1 N–H and O–H groups in total. The molecule has 76 valence electrons. The van der Waals surface area contributed by atoms with Crippen LogP contribution in [-0.4, -0.2) is 29.6 Å². The number of methoxy groups -OCH3 is 1. The molecule has 0 aliphatic carbocycles. The molecule has 0 aliphatic rings. The number of hydrogen-bond donors (Lipinski definition) is 1. The highest BCUT2D eigenvalue weighted by Gasteiger charge is 2.10. The number of nitrogens with one attached hydrogen (secondary N) is 1. The smallest absolute Gasteiger partial charge is 0.250 e. The van der Waals surface area contributed by atoms with Crippen LogP contribution in [0.1, 0.15) is 0 Å². The van der Waals surface area contributed by atoms with Gasteiger partial charge in [-0.2, -0.15) is 0 Å². The van der Waals surface area contributed by atoms with Crippen molar-refractivity contribution in [2.45, 2.75) is 0 Å². The average Bonchev–Trinajstić information content (AvgIpc) is 2.12. The Morgan fingerprint density at radius 1 is 1.50 bits per heavy atom. The molecule has 14 heavy (non-hydrogen) atoms. The topological polar surface area (TPSA) is 64.1 Å². The molecule has 1 aromatic heterocycles. The highest BCUT2D eigenvalue weighted by molar-refractivity contribution is 6.38. The van der Waals surface area contributed by atoms with Crippen molar-refractivity contribution in [1.82, 2.24) is 9.97 Å². The summed E-state index contributed by atoms with van der Waals surface area (Å²) in [5.41, 5.74) is 0.192. The van der Waals surface area contributed by atoms with E-state index in [0.29, 0.717) is 0 Å². The Bertz CT molecular complexity index is 325. The van der Waals surface area contributed by atoms with Gasteiger partial charge >= 0.3 is 0 Å². The van der Waals surface area contributed by atoms with Gasteiger partial charge in [0.05, 0.1) is 0 Å². The molecule has 0 fully saturated rings. The molecule has 0 aliphatic heterocycles. The third-order valence-corrected chi connectivity index (χ3v) is 1.87. The van der Waals surface area contributed by atoms with Crippen molar-refractivity contribution in [3.05, 3.63) is 16.6 Å². The quantitative estimate of drug-likeness (QED) is 0.805. The Hall–Kier alpha value is -0.910. The largest absolute Gasteiger partial charge is 0.375 e. The van der Waals surface area contributed by atoms with E-state index in [2.05, 4.69) is 20.0 Å². The van der Waals surface area contributed by atoms with Gasteiger partial charge in [0.2, 0.25) is 0 Å². The normalized spacial score (nSPS) is 9.93. The predicted molar refractivity (Wildman–Crippen MR) is 52.6 cm³/mol. The second-order valence-corrected chi connectivity index (χ2v) is 3.03. The van der Waals surface area contributed by atoms with Crippen LogP contribution in [0, 0.1) is 0 Å². The lowest BCUT2D eigenvalue weighted by Crippen LogP contribution is -2.18. The van der Waals surface area contributed by atoms with E-state index in [4.69, 9.17) is 23.2 Å². The van der Waals surface area contributed by atoms with Crippen molar-refractivity contribution in [3.8, 4) is 0 Å². The van der Waals surface area contributed by atoms with Crippen LogP contribution in [0.5, 0.6) is 0 Å². The summed E-state index contributed by atoms with van der Waals surface area (Å²) < 4.78 is 4.62. The molecule has 0 saturated carbocycles. The van der Waals surface area contributed by atoms with Crippen LogP contribution in [0.2, 0.25) is 10.3 Å². The fraction of sp³-hybridized carbons (Fsp3) is 0.286. The summed E-state index contributed by atoms with van der Waals surface area (Å²) in [7, 11) is 1.41. The van der Waals surface area contributed by atoms with Crippen LogP contribution in [0.4, 0.5) is 5.69 Å². The van der Waals surface area contributed by atoms with Gasteiger partial charge in [0, 0.05) is 7.11 Å². The number of carbonyl (C=O) groups is 1. The number of anilines is 1. The Kier molecular flexibility index (Phi) is 4.06. The standard InChI is InChI=1S/C7H7Cl2N3O2/c1-14-2-4(13)12-5-6(8)10-3-11-7(5)9/h3H,2H2,1H3,(H,12,13). The molecule has 0 spiro atoms. The van der Waals surface area contributed by atoms with Gasteiger partial charge in [0.25, 0.3) is 5.91 Å². The van der Waals surface area contributed by atoms with E-state index in [0.717, 1.165) is 0 Å². The summed E-state index contributed by atoms with van der Waals surface area (Å²) in [4.78, 5) is 18.4. The summed E-state index contributed by atoms with van der Waals surface area (Å²) >= 11 is 11.4. The lowest BCUT2D eigenvalue weighted by atomic mass is 10.5. The summed E-state index contributed by atoms with van der Waals surface area (Å²) in [6.45, 7) is -0.0818.